The Morgan fingerprint density at radius 2 is 0.934 bits per heavy atom. The minimum Gasteiger partial charge on any atom is -0.394 e. The second-order valence-electron chi connectivity index (χ2n) is 18.3. The van der Waals surface area contributed by atoms with Crippen molar-refractivity contribution in [2.45, 2.75) is 288 Å². The van der Waals surface area contributed by atoms with Crippen LogP contribution in [0.5, 0.6) is 0 Å². The quantitative estimate of drug-likeness (QED) is 0.0262. The van der Waals surface area contributed by atoms with Crippen LogP contribution in [0.2, 0.25) is 0 Å². The Balaban J connectivity index is 2.18. The van der Waals surface area contributed by atoms with Gasteiger partial charge in [0.2, 0.25) is 5.91 Å². The third kappa shape index (κ3) is 32.9. The molecule has 1 fully saturated rings. The van der Waals surface area contributed by atoms with E-state index in [1.165, 1.54) is 186 Å². The van der Waals surface area contributed by atoms with E-state index in [0.29, 0.717) is 6.42 Å². The van der Waals surface area contributed by atoms with Gasteiger partial charge in [-0.3, -0.25) is 4.79 Å². The monoisotopic (exact) mass is 866 g/mol. The highest BCUT2D eigenvalue weighted by atomic mass is 16.7. The zero-order chi connectivity index (χ0) is 44.4. The molecule has 0 spiro atoms. The average molecular weight is 866 g/mol. The lowest BCUT2D eigenvalue weighted by Crippen LogP contribution is -2.60. The van der Waals surface area contributed by atoms with E-state index >= 15 is 0 Å². The van der Waals surface area contributed by atoms with Crippen LogP contribution >= 0.6 is 0 Å². The number of nitrogens with one attached hydrogen (secondary N) is 1. The van der Waals surface area contributed by atoms with Crippen LogP contribution in [-0.4, -0.2) is 87.5 Å². The molecule has 7 unspecified atom stereocenters. The van der Waals surface area contributed by atoms with Crippen LogP contribution in [-0.2, 0) is 14.3 Å². The highest BCUT2D eigenvalue weighted by Crippen LogP contribution is 2.23. The largest absolute Gasteiger partial charge is 0.394 e. The molecule has 1 heterocycles. The number of rotatable bonds is 44. The van der Waals surface area contributed by atoms with Gasteiger partial charge in [0.05, 0.1) is 25.4 Å². The molecule has 0 aliphatic carbocycles. The maximum atomic E-state index is 12.9. The van der Waals surface area contributed by atoms with Crippen molar-refractivity contribution >= 4 is 5.91 Å². The summed E-state index contributed by atoms with van der Waals surface area (Å²) >= 11 is 0. The summed E-state index contributed by atoms with van der Waals surface area (Å²) in [4.78, 5) is 12.9. The number of carbonyl (C=O) groups is 1. The van der Waals surface area contributed by atoms with Gasteiger partial charge < -0.3 is 40.3 Å². The van der Waals surface area contributed by atoms with Crippen molar-refractivity contribution in [3.8, 4) is 0 Å². The molecule has 0 aromatic rings. The van der Waals surface area contributed by atoms with E-state index in [9.17, 15) is 30.3 Å². The van der Waals surface area contributed by atoms with Crippen molar-refractivity contribution in [1.29, 1.82) is 0 Å². The fraction of sp³-hybridized carbons (Fsp3) is 0.904. The number of ether oxygens (including phenoxy) is 2. The second-order valence-corrected chi connectivity index (χ2v) is 18.3. The van der Waals surface area contributed by atoms with Gasteiger partial charge in [0, 0.05) is 6.42 Å². The first-order valence-electron chi connectivity index (χ1n) is 26.1. The normalized spacial score (nSPS) is 20.5. The zero-order valence-electron chi connectivity index (χ0n) is 39.7. The highest BCUT2D eigenvalue weighted by molar-refractivity contribution is 5.76. The standard InChI is InChI=1S/C52H99NO8/c1-3-5-7-9-11-13-14-15-16-17-18-19-20-21-22-23-24-25-26-27-28-29-30-31-32-34-35-37-39-41-46(55)45(44-60-52-51(59)50(58)49(57)47(43-54)61-52)53-48(56)42-40-38-36-33-12-10-8-6-4-2/h32,34,39,41,45-47,49-52,54-55,57-59H,3-31,33,35-38,40,42-44H2,1-2H3,(H,53,56)/b34-32+,41-39+. The fourth-order valence-electron chi connectivity index (χ4n) is 8.35. The minimum atomic E-state index is -1.57. The zero-order valence-corrected chi connectivity index (χ0v) is 39.7. The van der Waals surface area contributed by atoms with E-state index in [0.717, 1.165) is 38.5 Å². The summed E-state index contributed by atoms with van der Waals surface area (Å²) in [5.74, 6) is -0.189. The molecule has 9 heteroatoms. The smallest absolute Gasteiger partial charge is 0.220 e. The first-order chi connectivity index (χ1) is 29.8. The third-order valence-corrected chi connectivity index (χ3v) is 12.5. The maximum absolute atomic E-state index is 12.9. The Morgan fingerprint density at radius 1 is 0.541 bits per heavy atom. The molecule has 0 radical (unpaired) electrons. The van der Waals surface area contributed by atoms with Crippen LogP contribution in [0.1, 0.15) is 245 Å². The van der Waals surface area contributed by atoms with Crippen molar-refractivity contribution in [3.63, 3.8) is 0 Å². The number of aliphatic hydroxyl groups is 5. The molecule has 360 valence electrons. The van der Waals surface area contributed by atoms with Crippen LogP contribution in [0.4, 0.5) is 0 Å². The summed E-state index contributed by atoms with van der Waals surface area (Å²) in [5, 5.41) is 54.1. The molecule has 0 saturated carbocycles. The number of unbranched alkanes of at least 4 members (excludes halogenated alkanes) is 32. The molecule has 0 bridgehead atoms. The molecule has 1 aliphatic rings. The van der Waals surface area contributed by atoms with Crippen molar-refractivity contribution in [2.75, 3.05) is 13.2 Å². The Bertz CT molecular complexity index is 1010. The number of aliphatic hydroxyl groups excluding tert-OH is 5. The average Bonchev–Trinajstić information content (AvgIpc) is 3.26. The first kappa shape index (κ1) is 57.7. The van der Waals surface area contributed by atoms with E-state index in [1.807, 2.05) is 6.08 Å². The summed E-state index contributed by atoms with van der Waals surface area (Å²) < 4.78 is 11.2. The minimum absolute atomic E-state index is 0.189. The van der Waals surface area contributed by atoms with Gasteiger partial charge in [0.1, 0.15) is 24.4 Å². The van der Waals surface area contributed by atoms with E-state index in [-0.39, 0.29) is 12.5 Å². The van der Waals surface area contributed by atoms with Gasteiger partial charge in [-0.25, -0.2) is 0 Å². The second kappa shape index (κ2) is 42.6. The Labute approximate surface area is 375 Å². The maximum Gasteiger partial charge on any atom is 0.220 e. The predicted octanol–water partition coefficient (Wildman–Crippen LogP) is 11.8. The lowest BCUT2D eigenvalue weighted by molar-refractivity contribution is -0.302. The van der Waals surface area contributed by atoms with Crippen molar-refractivity contribution < 1.29 is 39.8 Å². The topological polar surface area (TPSA) is 149 Å². The molecule has 1 rings (SSSR count). The molecule has 0 aromatic carbocycles. The summed E-state index contributed by atoms with van der Waals surface area (Å²) in [5.41, 5.74) is 0. The van der Waals surface area contributed by atoms with Gasteiger partial charge in [-0.05, 0) is 32.1 Å². The van der Waals surface area contributed by atoms with Gasteiger partial charge in [0.25, 0.3) is 0 Å². The third-order valence-electron chi connectivity index (χ3n) is 12.5. The first-order valence-corrected chi connectivity index (χ1v) is 26.1. The Morgan fingerprint density at radius 3 is 1.38 bits per heavy atom. The molecular weight excluding hydrogens is 767 g/mol. The summed E-state index contributed by atoms with van der Waals surface area (Å²) in [7, 11) is 0. The molecule has 61 heavy (non-hydrogen) atoms. The molecule has 1 saturated heterocycles. The van der Waals surface area contributed by atoms with Crippen LogP contribution in [0, 0.1) is 0 Å². The molecule has 9 nitrogen and oxygen atoms in total. The van der Waals surface area contributed by atoms with Crippen molar-refractivity contribution in [1.82, 2.24) is 5.32 Å². The fourth-order valence-corrected chi connectivity index (χ4v) is 8.35. The van der Waals surface area contributed by atoms with Gasteiger partial charge in [-0.2, -0.15) is 0 Å². The SMILES string of the molecule is CCCCCCCCCCCCCCCCCCCCCCCCC/C=C/CC/C=C/C(O)C(COC1OC(CO)C(O)C(O)C1O)NC(=O)CCCCCCCCCCC. The summed E-state index contributed by atoms with van der Waals surface area (Å²) in [6.45, 7) is 3.75. The van der Waals surface area contributed by atoms with Gasteiger partial charge >= 0.3 is 0 Å². The number of amides is 1. The van der Waals surface area contributed by atoms with E-state index in [1.54, 1.807) is 6.08 Å². The number of hydrogen-bond donors (Lipinski definition) is 6. The lowest BCUT2D eigenvalue weighted by atomic mass is 9.99. The lowest BCUT2D eigenvalue weighted by Gasteiger charge is -2.40. The van der Waals surface area contributed by atoms with E-state index in [4.69, 9.17) is 9.47 Å². The van der Waals surface area contributed by atoms with E-state index in [2.05, 4.69) is 31.3 Å². The Hall–Kier alpha value is -1.33. The summed E-state index contributed by atoms with van der Waals surface area (Å²) in [6.07, 6.45) is 45.6. The predicted molar refractivity (Wildman–Crippen MR) is 253 cm³/mol. The molecule has 7 atom stereocenters. The van der Waals surface area contributed by atoms with Gasteiger partial charge in [0.15, 0.2) is 6.29 Å². The molecule has 6 N–H and O–H groups in total. The van der Waals surface area contributed by atoms with Crippen molar-refractivity contribution in [2.24, 2.45) is 0 Å². The Kier molecular flexibility index (Phi) is 40.3. The summed E-state index contributed by atoms with van der Waals surface area (Å²) in [6, 6.07) is -0.816. The van der Waals surface area contributed by atoms with Crippen LogP contribution in [0.15, 0.2) is 24.3 Å². The van der Waals surface area contributed by atoms with E-state index < -0.39 is 49.5 Å². The molecular formula is C52H99NO8. The van der Waals surface area contributed by atoms with Crippen LogP contribution in [0.25, 0.3) is 0 Å². The van der Waals surface area contributed by atoms with Crippen LogP contribution < -0.4 is 5.32 Å². The number of carbonyl (C=O) groups excluding carboxylic acids is 1. The van der Waals surface area contributed by atoms with Gasteiger partial charge in [-0.1, -0.05) is 231 Å². The molecule has 1 aliphatic heterocycles. The van der Waals surface area contributed by atoms with Crippen LogP contribution in [0.3, 0.4) is 0 Å². The van der Waals surface area contributed by atoms with Crippen molar-refractivity contribution in [3.05, 3.63) is 24.3 Å². The molecule has 0 aromatic heterocycles. The number of allylic oxidation sites excluding steroid dienone is 3. The highest BCUT2D eigenvalue weighted by Gasteiger charge is 2.44. The molecule has 1 amide bonds. The van der Waals surface area contributed by atoms with Gasteiger partial charge in [-0.15, -0.1) is 0 Å². The number of hydrogen-bond acceptors (Lipinski definition) is 8.